The highest BCUT2D eigenvalue weighted by Gasteiger charge is 2.32. The van der Waals surface area contributed by atoms with Crippen LogP contribution in [0.3, 0.4) is 0 Å². The normalized spacial score (nSPS) is 11.1. The molecule has 0 aliphatic heterocycles. The van der Waals surface area contributed by atoms with E-state index in [-0.39, 0.29) is 21.9 Å². The molecule has 0 unspecified atom stereocenters. The van der Waals surface area contributed by atoms with Crippen molar-refractivity contribution in [3.8, 4) is 5.75 Å². The molecule has 110 valence electrons. The molecule has 1 aromatic rings. The second kappa shape index (κ2) is 6.56. The molecule has 0 radical (unpaired) electrons. The third-order valence-corrected chi connectivity index (χ3v) is 3.00. The third-order valence-electron chi connectivity index (χ3n) is 2.05. The molecule has 3 nitrogen and oxygen atoms in total. The van der Waals surface area contributed by atoms with Gasteiger partial charge < -0.3 is 9.84 Å². The van der Waals surface area contributed by atoms with E-state index in [0.29, 0.717) is 12.1 Å². The number of hydrogen-bond acceptors (Lipinski definition) is 2. The molecule has 0 saturated carbocycles. The van der Waals surface area contributed by atoms with Gasteiger partial charge in [0.25, 0.3) is 0 Å². The van der Waals surface area contributed by atoms with Gasteiger partial charge in [-0.05, 0) is 18.2 Å². The first-order valence-corrected chi connectivity index (χ1v) is 6.02. The molecule has 0 saturated heterocycles. The van der Waals surface area contributed by atoms with E-state index in [0.717, 1.165) is 6.07 Å². The lowest BCUT2D eigenvalue weighted by Crippen LogP contribution is -2.09. The quantitative estimate of drug-likeness (QED) is 0.859. The Labute approximate surface area is 126 Å². The topological polar surface area (TPSA) is 46.5 Å². The van der Waals surface area contributed by atoms with Gasteiger partial charge in [-0.25, -0.2) is 4.79 Å². The lowest BCUT2D eigenvalue weighted by molar-refractivity contribution is -0.137. The van der Waals surface area contributed by atoms with Gasteiger partial charge in [0.05, 0.1) is 16.2 Å². The highest BCUT2D eigenvalue weighted by Crippen LogP contribution is 2.33. The summed E-state index contributed by atoms with van der Waals surface area (Å²) in [6.45, 7) is -0.385. The number of ether oxygens (including phenoxy) is 1. The van der Waals surface area contributed by atoms with E-state index in [1.165, 1.54) is 0 Å². The predicted octanol–water partition coefficient (Wildman–Crippen LogP) is 4.67. The standard InChI is InChI=1S/C11H6Cl3F3O3/c12-8(9(13)14)4-20-7-2-5(10(18)19)1-6(3-7)11(15,16)17/h1-3H,4H2,(H,18,19). The van der Waals surface area contributed by atoms with Crippen LogP contribution in [0, 0.1) is 0 Å². The van der Waals surface area contributed by atoms with Crippen molar-refractivity contribution < 1.29 is 27.8 Å². The highest BCUT2D eigenvalue weighted by atomic mass is 35.5. The fraction of sp³-hybridized carbons (Fsp3) is 0.182. The first-order chi connectivity index (χ1) is 9.11. The molecule has 20 heavy (non-hydrogen) atoms. The van der Waals surface area contributed by atoms with Gasteiger partial charge in [0.2, 0.25) is 0 Å². The third kappa shape index (κ3) is 4.77. The molecule has 0 fully saturated rings. The lowest BCUT2D eigenvalue weighted by Gasteiger charge is -2.11. The number of alkyl halides is 3. The summed E-state index contributed by atoms with van der Waals surface area (Å²) in [6, 6.07) is 2.09. The summed E-state index contributed by atoms with van der Waals surface area (Å²) >= 11 is 16.2. The summed E-state index contributed by atoms with van der Waals surface area (Å²) in [5.41, 5.74) is -1.71. The fourth-order valence-electron chi connectivity index (χ4n) is 1.17. The van der Waals surface area contributed by atoms with Crippen molar-refractivity contribution in [2.45, 2.75) is 6.18 Å². The van der Waals surface area contributed by atoms with Gasteiger partial charge in [-0.2, -0.15) is 13.2 Å². The van der Waals surface area contributed by atoms with Gasteiger partial charge in [0, 0.05) is 0 Å². The van der Waals surface area contributed by atoms with E-state index in [1.54, 1.807) is 0 Å². The molecule has 0 bridgehead atoms. The number of benzene rings is 1. The fourth-order valence-corrected chi connectivity index (χ4v) is 1.33. The molecule has 0 aromatic heterocycles. The Hall–Kier alpha value is -1.11. The number of carboxylic acid groups (broad SMARTS) is 1. The van der Waals surface area contributed by atoms with Crippen LogP contribution in [0.25, 0.3) is 0 Å². The first kappa shape index (κ1) is 16.9. The van der Waals surface area contributed by atoms with Crippen molar-refractivity contribution >= 4 is 40.8 Å². The van der Waals surface area contributed by atoms with Crippen molar-refractivity contribution in [3.63, 3.8) is 0 Å². The molecule has 1 N–H and O–H groups in total. The van der Waals surface area contributed by atoms with Crippen molar-refractivity contribution in [3.05, 3.63) is 38.8 Å². The van der Waals surface area contributed by atoms with E-state index in [1.807, 2.05) is 0 Å². The Morgan fingerprint density at radius 3 is 2.25 bits per heavy atom. The molecular formula is C11H6Cl3F3O3. The molecule has 0 amide bonds. The summed E-state index contributed by atoms with van der Waals surface area (Å²) < 4.78 is 42.5. The lowest BCUT2D eigenvalue weighted by atomic mass is 10.1. The van der Waals surface area contributed by atoms with Crippen LogP contribution in [-0.4, -0.2) is 17.7 Å². The maximum atomic E-state index is 12.6. The average Bonchev–Trinajstić information content (AvgIpc) is 2.34. The molecule has 0 heterocycles. The second-order valence-corrected chi connectivity index (χ2v) is 4.91. The summed E-state index contributed by atoms with van der Waals surface area (Å²) in [7, 11) is 0. The second-order valence-electron chi connectivity index (χ2n) is 3.50. The van der Waals surface area contributed by atoms with Gasteiger partial charge >= 0.3 is 12.1 Å². The van der Waals surface area contributed by atoms with E-state index in [4.69, 9.17) is 44.6 Å². The van der Waals surface area contributed by atoms with Crippen LogP contribution in [0.4, 0.5) is 13.2 Å². The van der Waals surface area contributed by atoms with E-state index in [2.05, 4.69) is 0 Å². The number of rotatable bonds is 4. The maximum Gasteiger partial charge on any atom is 0.416 e. The summed E-state index contributed by atoms with van der Waals surface area (Å²) in [5.74, 6) is -1.83. The first-order valence-electron chi connectivity index (χ1n) is 4.89. The zero-order chi connectivity index (χ0) is 15.5. The molecule has 9 heteroatoms. The molecule has 1 rings (SSSR count). The predicted molar refractivity (Wildman–Crippen MR) is 68.5 cm³/mol. The zero-order valence-corrected chi connectivity index (χ0v) is 11.7. The monoisotopic (exact) mass is 348 g/mol. The van der Waals surface area contributed by atoms with E-state index in [9.17, 15) is 18.0 Å². The van der Waals surface area contributed by atoms with Gasteiger partial charge in [0.15, 0.2) is 0 Å². The zero-order valence-electron chi connectivity index (χ0n) is 9.47. The van der Waals surface area contributed by atoms with Crippen LogP contribution < -0.4 is 4.74 Å². The number of carbonyl (C=O) groups is 1. The van der Waals surface area contributed by atoms with Crippen molar-refractivity contribution in [2.75, 3.05) is 6.61 Å². The Morgan fingerprint density at radius 2 is 1.80 bits per heavy atom. The number of carboxylic acids is 1. The van der Waals surface area contributed by atoms with Crippen LogP contribution in [-0.2, 0) is 6.18 Å². The summed E-state index contributed by atoms with van der Waals surface area (Å²) in [5, 5.41) is 8.64. The van der Waals surface area contributed by atoms with Crippen LogP contribution in [0.5, 0.6) is 5.75 Å². The van der Waals surface area contributed by atoms with Crippen molar-refractivity contribution in [2.24, 2.45) is 0 Å². The maximum absolute atomic E-state index is 12.6. The minimum absolute atomic E-state index is 0.123. The minimum Gasteiger partial charge on any atom is -0.488 e. The van der Waals surface area contributed by atoms with Crippen molar-refractivity contribution in [1.82, 2.24) is 0 Å². The van der Waals surface area contributed by atoms with Crippen LogP contribution in [0.2, 0.25) is 0 Å². The molecule has 0 atom stereocenters. The number of halogens is 6. The Balaban J connectivity index is 3.10. The highest BCUT2D eigenvalue weighted by molar-refractivity contribution is 6.59. The van der Waals surface area contributed by atoms with Gasteiger partial charge in [-0.1, -0.05) is 34.8 Å². The van der Waals surface area contributed by atoms with E-state index >= 15 is 0 Å². The van der Waals surface area contributed by atoms with Crippen LogP contribution in [0.1, 0.15) is 15.9 Å². The smallest absolute Gasteiger partial charge is 0.416 e. The van der Waals surface area contributed by atoms with Gasteiger partial charge in [0.1, 0.15) is 16.8 Å². The summed E-state index contributed by atoms with van der Waals surface area (Å²) in [6.07, 6.45) is -4.70. The molecule has 0 spiro atoms. The SMILES string of the molecule is O=C(O)c1cc(OCC(Cl)=C(Cl)Cl)cc(C(F)(F)F)c1. The largest absolute Gasteiger partial charge is 0.488 e. The van der Waals surface area contributed by atoms with Gasteiger partial charge in [-0.15, -0.1) is 0 Å². The van der Waals surface area contributed by atoms with Gasteiger partial charge in [-0.3, -0.25) is 0 Å². The van der Waals surface area contributed by atoms with Crippen LogP contribution >= 0.6 is 34.8 Å². The Bertz CT molecular complexity index is 552. The minimum atomic E-state index is -4.70. The average molecular weight is 350 g/mol. The number of hydrogen-bond donors (Lipinski definition) is 1. The molecule has 0 aliphatic carbocycles. The molecule has 1 aromatic carbocycles. The Morgan fingerprint density at radius 1 is 1.20 bits per heavy atom. The number of aromatic carboxylic acids is 1. The van der Waals surface area contributed by atoms with Crippen LogP contribution in [0.15, 0.2) is 27.7 Å². The molecular weight excluding hydrogens is 343 g/mol. The Kier molecular flexibility index (Phi) is 5.56. The van der Waals surface area contributed by atoms with Crippen molar-refractivity contribution in [1.29, 1.82) is 0 Å². The summed E-state index contributed by atoms with van der Waals surface area (Å²) in [4.78, 5) is 10.8. The van der Waals surface area contributed by atoms with E-state index < -0.39 is 23.3 Å². The molecule has 0 aliphatic rings.